The van der Waals surface area contributed by atoms with E-state index in [-0.39, 0.29) is 22.3 Å². The van der Waals surface area contributed by atoms with Crippen molar-refractivity contribution in [1.29, 1.82) is 0 Å². The Morgan fingerprint density at radius 1 is 1.12 bits per heavy atom. The molecule has 0 unspecified atom stereocenters. The molecule has 4 rings (SSSR count). The third-order valence-corrected chi connectivity index (χ3v) is 6.88. The molecule has 1 aromatic carbocycles. The van der Waals surface area contributed by atoms with E-state index >= 15 is 0 Å². The SMILES string of the molecule is FC(F)(F)c1cc(N2CCOCC2)nc(NC(=S)NCC2(c3cccc(Cl)c3)CCCCC2)n1. The topological polar surface area (TPSA) is 62.3 Å². The lowest BCUT2D eigenvalue weighted by Gasteiger charge is -2.38. The first-order chi connectivity index (χ1) is 16.2. The van der Waals surface area contributed by atoms with Crippen LogP contribution < -0.4 is 15.5 Å². The van der Waals surface area contributed by atoms with Gasteiger partial charge in [0.2, 0.25) is 5.95 Å². The average molecular weight is 514 g/mol. The Kier molecular flexibility index (Phi) is 7.79. The number of morpholine rings is 1. The van der Waals surface area contributed by atoms with Crippen LogP contribution >= 0.6 is 23.8 Å². The maximum atomic E-state index is 13.5. The molecule has 0 bridgehead atoms. The number of hydrogen-bond acceptors (Lipinski definition) is 5. The summed E-state index contributed by atoms with van der Waals surface area (Å²) in [4.78, 5) is 9.72. The number of halogens is 4. The Balaban J connectivity index is 1.50. The predicted molar refractivity (Wildman–Crippen MR) is 131 cm³/mol. The summed E-state index contributed by atoms with van der Waals surface area (Å²) in [7, 11) is 0. The van der Waals surface area contributed by atoms with Gasteiger partial charge in [0.1, 0.15) is 5.82 Å². The van der Waals surface area contributed by atoms with Crippen LogP contribution in [0.1, 0.15) is 43.4 Å². The van der Waals surface area contributed by atoms with Crippen LogP contribution in [0.15, 0.2) is 30.3 Å². The Labute approximate surface area is 207 Å². The second-order valence-electron chi connectivity index (χ2n) is 8.69. The third kappa shape index (κ3) is 6.09. The summed E-state index contributed by atoms with van der Waals surface area (Å²) >= 11 is 11.7. The molecule has 1 saturated heterocycles. The largest absolute Gasteiger partial charge is 0.433 e. The van der Waals surface area contributed by atoms with Crippen LogP contribution in [0.25, 0.3) is 0 Å². The predicted octanol–water partition coefficient (Wildman–Crippen LogP) is 5.17. The smallest absolute Gasteiger partial charge is 0.378 e. The number of aromatic nitrogens is 2. The number of thiocarbonyl (C=S) groups is 1. The lowest BCUT2D eigenvalue weighted by Crippen LogP contribution is -2.43. The van der Waals surface area contributed by atoms with E-state index in [0.717, 1.165) is 37.3 Å². The van der Waals surface area contributed by atoms with E-state index in [9.17, 15) is 13.2 Å². The number of rotatable bonds is 5. The van der Waals surface area contributed by atoms with Crippen LogP contribution in [-0.2, 0) is 16.3 Å². The zero-order chi connectivity index (χ0) is 24.2. The van der Waals surface area contributed by atoms with Gasteiger partial charge in [0, 0.05) is 36.1 Å². The molecule has 184 valence electrons. The number of hydrogen-bond donors (Lipinski definition) is 2. The molecule has 34 heavy (non-hydrogen) atoms. The van der Waals surface area contributed by atoms with Crippen LogP contribution in [-0.4, -0.2) is 47.9 Å². The van der Waals surface area contributed by atoms with Crippen molar-refractivity contribution in [3.63, 3.8) is 0 Å². The zero-order valence-corrected chi connectivity index (χ0v) is 20.2. The summed E-state index contributed by atoms with van der Waals surface area (Å²) in [6, 6.07) is 8.80. The Morgan fingerprint density at radius 2 is 1.85 bits per heavy atom. The Bertz CT molecular complexity index is 1010. The van der Waals surface area contributed by atoms with Gasteiger partial charge in [0.25, 0.3) is 0 Å². The van der Waals surface area contributed by atoms with E-state index in [0.29, 0.717) is 37.9 Å². The molecule has 1 saturated carbocycles. The Morgan fingerprint density at radius 3 is 2.53 bits per heavy atom. The fraction of sp³-hybridized carbons (Fsp3) is 0.522. The van der Waals surface area contributed by atoms with Gasteiger partial charge in [-0.25, -0.2) is 4.98 Å². The normalized spacial score (nSPS) is 18.4. The minimum atomic E-state index is -4.60. The van der Waals surface area contributed by atoms with Gasteiger partial charge in [-0.3, -0.25) is 0 Å². The highest BCUT2D eigenvalue weighted by molar-refractivity contribution is 7.80. The summed E-state index contributed by atoms with van der Waals surface area (Å²) < 4.78 is 45.8. The molecule has 0 amide bonds. The zero-order valence-electron chi connectivity index (χ0n) is 18.6. The van der Waals surface area contributed by atoms with Gasteiger partial charge < -0.3 is 20.3 Å². The molecule has 11 heteroatoms. The fourth-order valence-electron chi connectivity index (χ4n) is 4.60. The van der Waals surface area contributed by atoms with Crippen LogP contribution in [0.5, 0.6) is 0 Å². The molecule has 2 heterocycles. The molecule has 2 fully saturated rings. The molecule has 0 spiro atoms. The minimum absolute atomic E-state index is 0.150. The molecular formula is C23H27ClF3N5OS. The highest BCUT2D eigenvalue weighted by Crippen LogP contribution is 2.40. The number of benzene rings is 1. The highest BCUT2D eigenvalue weighted by atomic mass is 35.5. The van der Waals surface area contributed by atoms with Crippen molar-refractivity contribution in [2.75, 3.05) is 43.1 Å². The van der Waals surface area contributed by atoms with Crippen LogP contribution in [0.2, 0.25) is 5.02 Å². The van der Waals surface area contributed by atoms with Crippen molar-refractivity contribution < 1.29 is 17.9 Å². The molecule has 0 radical (unpaired) electrons. The van der Waals surface area contributed by atoms with Crippen molar-refractivity contribution in [2.45, 2.75) is 43.7 Å². The lowest BCUT2D eigenvalue weighted by atomic mass is 9.69. The lowest BCUT2D eigenvalue weighted by molar-refractivity contribution is -0.141. The van der Waals surface area contributed by atoms with Crippen LogP contribution in [0, 0.1) is 0 Å². The van der Waals surface area contributed by atoms with E-state index in [1.807, 2.05) is 18.2 Å². The molecule has 1 aromatic heterocycles. The van der Waals surface area contributed by atoms with E-state index in [1.54, 1.807) is 4.90 Å². The molecule has 2 N–H and O–H groups in total. The first-order valence-electron chi connectivity index (χ1n) is 11.4. The number of ether oxygens (including phenoxy) is 1. The van der Waals surface area contributed by atoms with Crippen molar-refractivity contribution in [1.82, 2.24) is 15.3 Å². The van der Waals surface area contributed by atoms with Gasteiger partial charge in [-0.2, -0.15) is 18.2 Å². The summed E-state index contributed by atoms with van der Waals surface area (Å²) in [6.07, 6.45) is 0.706. The number of nitrogens with zero attached hydrogens (tertiary/aromatic N) is 3. The van der Waals surface area contributed by atoms with Crippen LogP contribution in [0.4, 0.5) is 24.9 Å². The number of nitrogens with one attached hydrogen (secondary N) is 2. The van der Waals surface area contributed by atoms with E-state index in [2.05, 4.69) is 26.7 Å². The third-order valence-electron chi connectivity index (χ3n) is 6.40. The van der Waals surface area contributed by atoms with Crippen LogP contribution in [0.3, 0.4) is 0 Å². The van der Waals surface area contributed by atoms with E-state index in [4.69, 9.17) is 28.6 Å². The van der Waals surface area contributed by atoms with Crippen molar-refractivity contribution in [2.24, 2.45) is 0 Å². The molecule has 0 atom stereocenters. The number of anilines is 2. The fourth-order valence-corrected chi connectivity index (χ4v) is 4.95. The summed E-state index contributed by atoms with van der Waals surface area (Å²) in [6.45, 7) is 2.31. The van der Waals surface area contributed by atoms with Crippen molar-refractivity contribution in [3.8, 4) is 0 Å². The first kappa shape index (κ1) is 24.9. The maximum absolute atomic E-state index is 13.5. The van der Waals surface area contributed by atoms with Gasteiger partial charge in [-0.1, -0.05) is 43.0 Å². The molecule has 6 nitrogen and oxygen atoms in total. The van der Waals surface area contributed by atoms with Gasteiger partial charge >= 0.3 is 6.18 Å². The second-order valence-corrected chi connectivity index (χ2v) is 9.54. The second kappa shape index (κ2) is 10.6. The van der Waals surface area contributed by atoms with Gasteiger partial charge in [-0.05, 0) is 42.8 Å². The van der Waals surface area contributed by atoms with Gasteiger partial charge in [0.15, 0.2) is 10.8 Å². The molecular weight excluding hydrogens is 487 g/mol. The van der Waals surface area contributed by atoms with Crippen molar-refractivity contribution >= 4 is 40.7 Å². The average Bonchev–Trinajstić information content (AvgIpc) is 2.83. The first-order valence-corrected chi connectivity index (χ1v) is 12.1. The van der Waals surface area contributed by atoms with E-state index < -0.39 is 11.9 Å². The van der Waals surface area contributed by atoms with Crippen molar-refractivity contribution in [3.05, 3.63) is 46.6 Å². The van der Waals surface area contributed by atoms with Gasteiger partial charge in [0.05, 0.1) is 13.2 Å². The quantitative estimate of drug-likeness (QED) is 0.534. The highest BCUT2D eigenvalue weighted by Gasteiger charge is 2.36. The molecule has 2 aliphatic rings. The number of alkyl halides is 3. The maximum Gasteiger partial charge on any atom is 0.433 e. The minimum Gasteiger partial charge on any atom is -0.378 e. The summed E-state index contributed by atoms with van der Waals surface area (Å²) in [5.74, 6) is 0.00729. The molecule has 2 aromatic rings. The standard InChI is InChI=1S/C23H27ClF3N5OS/c24-17-6-4-5-16(13-17)22(7-2-1-3-8-22)15-28-21(34)31-20-29-18(23(25,26)27)14-19(30-20)32-9-11-33-12-10-32/h4-6,13-14H,1-3,7-12,15H2,(H2,28,29,30,31,34). The van der Waals surface area contributed by atoms with E-state index in [1.165, 1.54) is 6.42 Å². The summed E-state index contributed by atoms with van der Waals surface area (Å²) in [5, 5.41) is 6.82. The summed E-state index contributed by atoms with van der Waals surface area (Å²) in [5.41, 5.74) is -0.0281. The molecule has 1 aliphatic heterocycles. The monoisotopic (exact) mass is 513 g/mol. The molecule has 1 aliphatic carbocycles. The van der Waals surface area contributed by atoms with Gasteiger partial charge in [-0.15, -0.1) is 0 Å². The Hall–Kier alpha value is -2.17.